The highest BCUT2D eigenvalue weighted by atomic mass is 35.5. The lowest BCUT2D eigenvalue weighted by molar-refractivity contribution is -0.135. The van der Waals surface area contributed by atoms with Crippen LogP contribution >= 0.6 is 23.2 Å². The predicted octanol–water partition coefficient (Wildman–Crippen LogP) is 7.19. The van der Waals surface area contributed by atoms with E-state index in [1.807, 2.05) is 60.8 Å². The van der Waals surface area contributed by atoms with Gasteiger partial charge in [-0.2, -0.15) is 5.26 Å². The molecule has 15 nitrogen and oxygen atoms in total. The van der Waals surface area contributed by atoms with Crippen molar-refractivity contribution in [2.45, 2.75) is 102 Å². The lowest BCUT2D eigenvalue weighted by atomic mass is 9.71. The molecule has 374 valence electrons. The molecule has 0 aliphatic carbocycles. The van der Waals surface area contributed by atoms with Crippen molar-refractivity contribution in [3.05, 3.63) is 110 Å². The number of fused-ring (bicyclic) bond motifs is 1. The highest BCUT2D eigenvalue weighted by molar-refractivity contribution is 6.32. The number of aromatic nitrogens is 4. The van der Waals surface area contributed by atoms with Gasteiger partial charge in [-0.15, -0.1) is 11.6 Å². The number of imide groups is 1. The van der Waals surface area contributed by atoms with Gasteiger partial charge >= 0.3 is 5.69 Å². The molecule has 5 aliphatic rings. The fourth-order valence-corrected chi connectivity index (χ4v) is 12.3. The Balaban J connectivity index is 0.656. The van der Waals surface area contributed by atoms with E-state index in [9.17, 15) is 19.6 Å². The Bertz CT molecular complexity index is 2860. The molecule has 1 unspecified atom stereocenters. The Hall–Kier alpha value is -5.50. The van der Waals surface area contributed by atoms with Crippen LogP contribution < -0.4 is 25.4 Å². The highest BCUT2D eigenvalue weighted by Gasteiger charge is 2.41. The second-order valence-corrected chi connectivity index (χ2v) is 21.7. The number of nitrogens with one attached hydrogen (secondary N) is 1. The lowest BCUT2D eigenvalue weighted by Crippen LogP contribution is -2.61. The summed E-state index contributed by atoms with van der Waals surface area (Å²) < 4.78 is 15.1. The number of rotatable bonds is 14. The van der Waals surface area contributed by atoms with Crippen molar-refractivity contribution in [1.82, 2.24) is 39.1 Å². The van der Waals surface area contributed by atoms with Crippen LogP contribution in [0, 0.1) is 16.7 Å². The summed E-state index contributed by atoms with van der Waals surface area (Å²) in [6, 6.07) is 22.4. The number of para-hydroxylation sites is 1. The first kappa shape index (κ1) is 49.1. The van der Waals surface area contributed by atoms with Crippen molar-refractivity contribution in [1.29, 1.82) is 5.26 Å². The maximum Gasteiger partial charge on any atom is 0.329 e. The summed E-state index contributed by atoms with van der Waals surface area (Å²) in [7, 11) is 1.78. The zero-order valence-electron chi connectivity index (χ0n) is 41.0. The monoisotopic (exact) mass is 1000 g/mol. The SMILES string of the molecule is Cn1c(=O)n(C2CCC(=O)NC2=O)c2cccc(CN3CC(N4CCC(N5CCC6(CCN(c7nccc(COc8ccc(C(C)(C)c9cc(Cl)c(OCCCl)c(C#N)c9)cc8)n7)CC6)CC5)CC4)C3)c21. The molecular formula is C54H64Cl2N10O5. The number of hydrogen-bond donors (Lipinski definition) is 1. The number of carbonyl (C=O) groups excluding carboxylic acids is 2. The van der Waals surface area contributed by atoms with E-state index in [1.54, 1.807) is 16.2 Å². The van der Waals surface area contributed by atoms with Gasteiger partial charge in [-0.3, -0.25) is 33.8 Å². The van der Waals surface area contributed by atoms with Gasteiger partial charge in [0.15, 0.2) is 5.75 Å². The van der Waals surface area contributed by atoms with Gasteiger partial charge in [0.1, 0.15) is 31.1 Å². The van der Waals surface area contributed by atoms with Crippen LogP contribution in [0.4, 0.5) is 5.95 Å². The smallest absolute Gasteiger partial charge is 0.329 e. The molecule has 71 heavy (non-hydrogen) atoms. The standard InChI is InChI=1S/C54H64Cl2N10O5/c1-53(2,39-29-37(31-57)49(44(56)30-39)70-28-20-55)38-7-9-43(10-8-38)71-35-40-13-21-58-51(59-40)65-26-18-54(19-27-65)16-24-64(25-17-54)41-14-22-63(23-15-41)42-33-62(34-42)32-36-5-4-6-45-48(36)61(3)52(69)66(45)46-11-12-47(67)60-50(46)68/h4-10,13,21,29-30,41-42,46H,11-12,14-20,22-28,32-35H2,1-3H3,(H,60,67,68). The van der Waals surface area contributed by atoms with E-state index in [-0.39, 0.29) is 24.6 Å². The first-order valence-electron chi connectivity index (χ1n) is 25.3. The van der Waals surface area contributed by atoms with Crippen molar-refractivity contribution < 1.29 is 19.1 Å². The minimum absolute atomic E-state index is 0.224. The largest absolute Gasteiger partial charge is 0.489 e. The minimum Gasteiger partial charge on any atom is -0.489 e. The molecule has 7 heterocycles. The zero-order chi connectivity index (χ0) is 49.4. The van der Waals surface area contributed by atoms with E-state index < -0.39 is 17.4 Å². The number of imidazole rings is 1. The highest BCUT2D eigenvalue weighted by Crippen LogP contribution is 2.43. The molecule has 5 aromatic rings. The number of hydrogen-bond acceptors (Lipinski definition) is 12. The summed E-state index contributed by atoms with van der Waals surface area (Å²) in [5.74, 6) is 1.49. The normalized spacial score (nSPS) is 20.8. The van der Waals surface area contributed by atoms with Crippen molar-refractivity contribution in [3.8, 4) is 17.6 Å². The van der Waals surface area contributed by atoms with Crippen LogP contribution in [0.3, 0.4) is 0 Å². The predicted molar refractivity (Wildman–Crippen MR) is 274 cm³/mol. The van der Waals surface area contributed by atoms with Gasteiger partial charge in [0, 0.05) is 83.0 Å². The Kier molecular flexibility index (Phi) is 14.2. The average molecular weight is 1000 g/mol. The van der Waals surface area contributed by atoms with Crippen molar-refractivity contribution >= 4 is 52.0 Å². The number of ether oxygens (including phenoxy) is 2. The summed E-state index contributed by atoms with van der Waals surface area (Å²) in [5.41, 5.74) is 5.61. The number of halogens is 2. The van der Waals surface area contributed by atoms with Crippen molar-refractivity contribution in [3.63, 3.8) is 0 Å². The van der Waals surface area contributed by atoms with E-state index in [0.29, 0.717) is 52.7 Å². The summed E-state index contributed by atoms with van der Waals surface area (Å²) in [4.78, 5) is 57.9. The third-order valence-corrected chi connectivity index (χ3v) is 16.8. The molecule has 1 spiro atoms. The first-order valence-corrected chi connectivity index (χ1v) is 26.2. The summed E-state index contributed by atoms with van der Waals surface area (Å²) in [5, 5.41) is 12.6. The first-order chi connectivity index (χ1) is 34.3. The molecule has 10 rings (SSSR count). The van der Waals surface area contributed by atoms with E-state index in [4.69, 9.17) is 37.7 Å². The van der Waals surface area contributed by atoms with Gasteiger partial charge in [-0.1, -0.05) is 49.7 Å². The number of aryl methyl sites for hydroxylation is 1. The molecule has 5 saturated heterocycles. The van der Waals surface area contributed by atoms with Crippen LogP contribution in [0.15, 0.2) is 71.7 Å². The molecule has 1 atom stereocenters. The van der Waals surface area contributed by atoms with Crippen LogP contribution in [0.2, 0.25) is 5.02 Å². The lowest BCUT2D eigenvalue weighted by Gasteiger charge is -2.51. The number of alkyl halides is 1. The molecule has 5 aliphatic heterocycles. The second kappa shape index (κ2) is 20.5. The Morgan fingerprint density at radius 3 is 2.30 bits per heavy atom. The topological polar surface area (TPSA) is 154 Å². The Labute approximate surface area is 425 Å². The van der Waals surface area contributed by atoms with Crippen molar-refractivity contribution in [2.24, 2.45) is 12.5 Å². The molecule has 1 N–H and O–H groups in total. The quantitative estimate of drug-likeness (QED) is 0.0886. The molecule has 5 fully saturated rings. The molecule has 3 aromatic carbocycles. The van der Waals surface area contributed by atoms with E-state index in [2.05, 4.69) is 55.9 Å². The Morgan fingerprint density at radius 1 is 0.873 bits per heavy atom. The van der Waals surface area contributed by atoms with E-state index >= 15 is 0 Å². The molecule has 0 saturated carbocycles. The number of benzene rings is 3. The van der Waals surface area contributed by atoms with Gasteiger partial charge in [0.25, 0.3) is 0 Å². The Morgan fingerprint density at radius 2 is 1.59 bits per heavy atom. The van der Waals surface area contributed by atoms with E-state index in [0.717, 1.165) is 104 Å². The number of piperidine rings is 4. The zero-order valence-corrected chi connectivity index (χ0v) is 42.6. The molecule has 17 heteroatoms. The number of anilines is 1. The summed E-state index contributed by atoms with van der Waals surface area (Å²) >= 11 is 12.4. The van der Waals surface area contributed by atoms with Gasteiger partial charge in [0.05, 0.1) is 33.2 Å². The van der Waals surface area contributed by atoms with E-state index in [1.165, 1.54) is 38.8 Å². The van der Waals surface area contributed by atoms with Gasteiger partial charge in [0.2, 0.25) is 17.8 Å². The number of nitriles is 1. The van der Waals surface area contributed by atoms with Crippen LogP contribution in [-0.4, -0.2) is 123 Å². The van der Waals surface area contributed by atoms with Gasteiger partial charge in [-0.25, -0.2) is 14.8 Å². The third kappa shape index (κ3) is 10.0. The van der Waals surface area contributed by atoms with Crippen LogP contribution in [-0.2, 0) is 35.2 Å². The van der Waals surface area contributed by atoms with Crippen LogP contribution in [0.5, 0.6) is 11.5 Å². The third-order valence-electron chi connectivity index (χ3n) is 16.4. The maximum atomic E-state index is 13.4. The number of carbonyl (C=O) groups is 2. The second-order valence-electron chi connectivity index (χ2n) is 20.9. The summed E-state index contributed by atoms with van der Waals surface area (Å²) in [6.45, 7) is 14.1. The molecule has 0 bridgehead atoms. The summed E-state index contributed by atoms with van der Waals surface area (Å²) in [6.07, 6.45) is 9.67. The molecular weight excluding hydrogens is 940 g/mol. The van der Waals surface area contributed by atoms with Gasteiger partial charge in [-0.05, 0) is 117 Å². The molecule has 2 aromatic heterocycles. The fourth-order valence-electron chi connectivity index (χ4n) is 11.9. The fraction of sp³-hybridized carbons (Fsp3) is 0.519. The number of amides is 2. The number of likely N-dealkylation sites (tertiary alicyclic amines) is 3. The number of nitrogens with zero attached hydrogens (tertiary/aromatic N) is 9. The minimum atomic E-state index is -0.680. The van der Waals surface area contributed by atoms with Gasteiger partial charge < -0.3 is 19.3 Å². The maximum absolute atomic E-state index is 13.4. The average Bonchev–Trinajstić information content (AvgIpc) is 3.63. The van der Waals surface area contributed by atoms with Crippen LogP contribution in [0.1, 0.15) is 99.2 Å². The van der Waals surface area contributed by atoms with Crippen LogP contribution in [0.25, 0.3) is 11.0 Å². The molecule has 2 amide bonds. The van der Waals surface area contributed by atoms with Crippen molar-refractivity contribution in [2.75, 3.05) is 69.7 Å². The molecule has 0 radical (unpaired) electrons.